The van der Waals surface area contributed by atoms with Crippen LogP contribution >= 0.6 is 11.6 Å². The Bertz CT molecular complexity index is 431. The number of hydrogen-bond donors (Lipinski definition) is 0. The van der Waals surface area contributed by atoms with Gasteiger partial charge in [0.1, 0.15) is 6.10 Å². The molecule has 5 nitrogen and oxygen atoms in total. The van der Waals surface area contributed by atoms with Crippen LogP contribution in [-0.4, -0.2) is 34.1 Å². The third-order valence-corrected chi connectivity index (χ3v) is 3.96. The van der Waals surface area contributed by atoms with Gasteiger partial charge in [-0.15, -0.1) is 0 Å². The van der Waals surface area contributed by atoms with Crippen LogP contribution in [0.4, 0.5) is 5.95 Å². The molecule has 0 atom stereocenters. The Morgan fingerprint density at radius 2 is 1.68 bits per heavy atom. The molecule has 1 aliphatic carbocycles. The molecule has 1 saturated carbocycles. The lowest BCUT2D eigenvalue weighted by Gasteiger charge is -2.22. The van der Waals surface area contributed by atoms with Crippen molar-refractivity contribution in [2.45, 2.75) is 51.0 Å². The highest BCUT2D eigenvalue weighted by Gasteiger charge is 2.20. The first-order valence-electron chi connectivity index (χ1n) is 7.14. The van der Waals surface area contributed by atoms with Crippen LogP contribution in [0.3, 0.4) is 0 Å². The maximum absolute atomic E-state index is 5.98. The summed E-state index contributed by atoms with van der Waals surface area (Å²) >= 11 is 5.98. The summed E-state index contributed by atoms with van der Waals surface area (Å²) in [5.74, 6) is 0.656. The molecule has 1 aliphatic heterocycles. The van der Waals surface area contributed by atoms with Gasteiger partial charge < -0.3 is 9.64 Å². The van der Waals surface area contributed by atoms with E-state index in [-0.39, 0.29) is 11.4 Å². The molecule has 19 heavy (non-hydrogen) atoms. The van der Waals surface area contributed by atoms with E-state index in [9.17, 15) is 0 Å². The van der Waals surface area contributed by atoms with Gasteiger partial charge in [0, 0.05) is 13.1 Å². The van der Waals surface area contributed by atoms with Crippen molar-refractivity contribution < 1.29 is 4.74 Å². The largest absolute Gasteiger partial charge is 0.460 e. The molecule has 0 aromatic carbocycles. The van der Waals surface area contributed by atoms with Crippen LogP contribution in [0.2, 0.25) is 5.28 Å². The zero-order chi connectivity index (χ0) is 13.1. The highest BCUT2D eigenvalue weighted by molar-refractivity contribution is 6.28. The van der Waals surface area contributed by atoms with E-state index in [1.54, 1.807) is 0 Å². The van der Waals surface area contributed by atoms with Crippen LogP contribution in [0.1, 0.15) is 44.9 Å². The van der Waals surface area contributed by atoms with E-state index >= 15 is 0 Å². The molecule has 3 rings (SSSR count). The van der Waals surface area contributed by atoms with Crippen LogP contribution in [0.5, 0.6) is 6.01 Å². The number of aromatic nitrogens is 3. The number of anilines is 1. The summed E-state index contributed by atoms with van der Waals surface area (Å²) < 4.78 is 5.86. The molecule has 0 radical (unpaired) electrons. The quantitative estimate of drug-likeness (QED) is 0.853. The summed E-state index contributed by atoms with van der Waals surface area (Å²) in [4.78, 5) is 14.8. The van der Waals surface area contributed by atoms with E-state index in [4.69, 9.17) is 16.3 Å². The summed E-state index contributed by atoms with van der Waals surface area (Å²) in [7, 11) is 0. The number of hydrogen-bond acceptors (Lipinski definition) is 5. The SMILES string of the molecule is Clc1nc(OC2CCCCC2)nc(N2CCCC2)n1. The molecule has 2 fully saturated rings. The first-order chi connectivity index (χ1) is 9.31. The minimum Gasteiger partial charge on any atom is -0.460 e. The van der Waals surface area contributed by atoms with Crippen molar-refractivity contribution in [1.82, 2.24) is 15.0 Å². The van der Waals surface area contributed by atoms with Gasteiger partial charge in [-0.3, -0.25) is 0 Å². The molecule has 6 heteroatoms. The number of rotatable bonds is 3. The molecule has 2 aliphatic rings. The fourth-order valence-corrected chi connectivity index (χ4v) is 2.91. The summed E-state index contributed by atoms with van der Waals surface area (Å²) in [6.45, 7) is 1.98. The Balaban J connectivity index is 1.73. The van der Waals surface area contributed by atoms with Crippen molar-refractivity contribution in [2.24, 2.45) is 0 Å². The van der Waals surface area contributed by atoms with Crippen molar-refractivity contribution in [3.8, 4) is 6.01 Å². The Labute approximate surface area is 118 Å². The normalized spacial score (nSPS) is 20.8. The van der Waals surface area contributed by atoms with Crippen molar-refractivity contribution in [2.75, 3.05) is 18.0 Å². The van der Waals surface area contributed by atoms with Crippen molar-refractivity contribution in [1.29, 1.82) is 0 Å². The second-order valence-electron chi connectivity index (χ2n) is 5.26. The molecular weight excluding hydrogens is 264 g/mol. The molecule has 0 amide bonds. The van der Waals surface area contributed by atoms with Crippen molar-refractivity contribution in [3.63, 3.8) is 0 Å². The Hall–Kier alpha value is -1.10. The molecule has 1 aromatic heterocycles. The van der Waals surface area contributed by atoms with Crippen LogP contribution in [0.15, 0.2) is 0 Å². The van der Waals surface area contributed by atoms with Crippen molar-refractivity contribution in [3.05, 3.63) is 5.28 Å². The van der Waals surface area contributed by atoms with Crippen LogP contribution < -0.4 is 9.64 Å². The molecule has 104 valence electrons. The average Bonchev–Trinajstić information content (AvgIpc) is 2.93. The third-order valence-electron chi connectivity index (χ3n) is 3.79. The zero-order valence-corrected chi connectivity index (χ0v) is 11.8. The molecule has 0 spiro atoms. The van der Waals surface area contributed by atoms with Gasteiger partial charge in [-0.05, 0) is 50.1 Å². The van der Waals surface area contributed by atoms with E-state index in [0.29, 0.717) is 12.0 Å². The lowest BCUT2D eigenvalue weighted by atomic mass is 9.98. The fourth-order valence-electron chi connectivity index (χ4n) is 2.77. The second kappa shape index (κ2) is 5.90. The first kappa shape index (κ1) is 12.9. The van der Waals surface area contributed by atoms with E-state index < -0.39 is 0 Å². The van der Waals surface area contributed by atoms with Gasteiger partial charge >= 0.3 is 6.01 Å². The molecular formula is C13H19ClN4O. The molecule has 1 saturated heterocycles. The molecule has 2 heterocycles. The lowest BCUT2D eigenvalue weighted by Crippen LogP contribution is -2.24. The zero-order valence-electron chi connectivity index (χ0n) is 11.0. The van der Waals surface area contributed by atoms with Crippen molar-refractivity contribution >= 4 is 17.5 Å². The van der Waals surface area contributed by atoms with Crippen LogP contribution in [0, 0.1) is 0 Å². The topological polar surface area (TPSA) is 51.1 Å². The number of ether oxygens (including phenoxy) is 1. The van der Waals surface area contributed by atoms with Gasteiger partial charge in [0.05, 0.1) is 0 Å². The van der Waals surface area contributed by atoms with Gasteiger partial charge in [0.2, 0.25) is 11.2 Å². The van der Waals surface area contributed by atoms with Gasteiger partial charge in [0.25, 0.3) is 0 Å². The highest BCUT2D eigenvalue weighted by Crippen LogP contribution is 2.24. The highest BCUT2D eigenvalue weighted by atomic mass is 35.5. The van der Waals surface area contributed by atoms with E-state index in [0.717, 1.165) is 25.9 Å². The third kappa shape index (κ3) is 3.26. The summed E-state index contributed by atoms with van der Waals surface area (Å²) in [5, 5.41) is 0.225. The Morgan fingerprint density at radius 1 is 0.947 bits per heavy atom. The first-order valence-corrected chi connectivity index (χ1v) is 7.52. The smallest absolute Gasteiger partial charge is 0.322 e. The number of nitrogens with zero attached hydrogens (tertiary/aromatic N) is 4. The summed E-state index contributed by atoms with van der Waals surface area (Å²) in [6, 6.07) is 0.383. The average molecular weight is 283 g/mol. The van der Waals surface area contributed by atoms with Gasteiger partial charge in [-0.1, -0.05) is 6.42 Å². The minimum absolute atomic E-state index is 0.225. The molecule has 1 aromatic rings. The summed E-state index contributed by atoms with van der Waals surface area (Å²) in [6.07, 6.45) is 8.52. The van der Waals surface area contributed by atoms with Crippen LogP contribution in [-0.2, 0) is 0 Å². The van der Waals surface area contributed by atoms with Gasteiger partial charge in [0.15, 0.2) is 0 Å². The maximum Gasteiger partial charge on any atom is 0.322 e. The van der Waals surface area contributed by atoms with E-state index in [1.807, 2.05) is 0 Å². The predicted octanol–water partition coefficient (Wildman–Crippen LogP) is 2.84. The molecule has 0 unspecified atom stereocenters. The maximum atomic E-state index is 5.98. The van der Waals surface area contributed by atoms with Gasteiger partial charge in [-0.25, -0.2) is 0 Å². The monoisotopic (exact) mass is 282 g/mol. The molecule has 0 bridgehead atoms. The predicted molar refractivity (Wildman–Crippen MR) is 73.8 cm³/mol. The number of halogens is 1. The van der Waals surface area contributed by atoms with E-state index in [2.05, 4.69) is 19.9 Å². The summed E-state index contributed by atoms with van der Waals surface area (Å²) in [5.41, 5.74) is 0. The van der Waals surface area contributed by atoms with E-state index in [1.165, 1.54) is 32.1 Å². The minimum atomic E-state index is 0.225. The Kier molecular flexibility index (Phi) is 4.01. The fraction of sp³-hybridized carbons (Fsp3) is 0.769. The van der Waals surface area contributed by atoms with Gasteiger partial charge in [-0.2, -0.15) is 15.0 Å². The standard InChI is InChI=1S/C13H19ClN4O/c14-11-15-12(18-8-4-5-9-18)17-13(16-11)19-10-6-2-1-3-7-10/h10H,1-9H2. The Morgan fingerprint density at radius 3 is 2.42 bits per heavy atom. The van der Waals surface area contributed by atoms with Crippen LogP contribution in [0.25, 0.3) is 0 Å². The second-order valence-corrected chi connectivity index (χ2v) is 5.60. The molecule has 0 N–H and O–H groups in total. The lowest BCUT2D eigenvalue weighted by molar-refractivity contribution is 0.141.